The molecule has 2 heterocycles. The highest BCUT2D eigenvalue weighted by molar-refractivity contribution is 7.20. The Morgan fingerprint density at radius 2 is 2.25 bits per heavy atom. The molecule has 0 radical (unpaired) electrons. The molecule has 0 aliphatic carbocycles. The summed E-state index contributed by atoms with van der Waals surface area (Å²) in [6, 6.07) is 1.78. The first-order valence-electron chi connectivity index (χ1n) is 4.80. The molecule has 2 rings (SSSR count). The minimum absolute atomic E-state index is 0.617. The van der Waals surface area contributed by atoms with Crippen molar-refractivity contribution in [2.24, 2.45) is 5.73 Å². The van der Waals surface area contributed by atoms with Crippen LogP contribution in [0.15, 0.2) is 16.7 Å². The van der Waals surface area contributed by atoms with Gasteiger partial charge in [0.15, 0.2) is 11.7 Å². The van der Waals surface area contributed by atoms with Crippen LogP contribution in [0, 0.1) is 0 Å². The lowest BCUT2D eigenvalue weighted by molar-refractivity contribution is 0.500. The molecule has 86 valence electrons. The summed E-state index contributed by atoms with van der Waals surface area (Å²) >= 11 is 13.2. The maximum Gasteiger partial charge on any atom is 0.194 e. The first kappa shape index (κ1) is 11.9. The summed E-state index contributed by atoms with van der Waals surface area (Å²) < 4.78 is 6.82. The Morgan fingerprint density at radius 1 is 1.44 bits per heavy atom. The lowest BCUT2D eigenvalue weighted by Gasteiger charge is -1.93. The van der Waals surface area contributed by atoms with Gasteiger partial charge in [-0.15, -0.1) is 11.3 Å². The number of oxazole rings is 1. The van der Waals surface area contributed by atoms with E-state index in [4.69, 9.17) is 33.4 Å². The average molecular weight is 277 g/mol. The Bertz CT molecular complexity index is 481. The zero-order chi connectivity index (χ0) is 11.5. The number of hydrogen-bond acceptors (Lipinski definition) is 4. The summed E-state index contributed by atoms with van der Waals surface area (Å²) in [5.74, 6) is 1.33. The van der Waals surface area contributed by atoms with Gasteiger partial charge in [0.05, 0.1) is 10.5 Å². The second-order valence-corrected chi connectivity index (χ2v) is 5.53. The molecule has 2 aromatic heterocycles. The van der Waals surface area contributed by atoms with E-state index >= 15 is 0 Å². The van der Waals surface area contributed by atoms with Crippen LogP contribution in [0.3, 0.4) is 0 Å². The van der Waals surface area contributed by atoms with E-state index < -0.39 is 0 Å². The third-order valence-corrected chi connectivity index (χ3v) is 3.56. The van der Waals surface area contributed by atoms with Gasteiger partial charge in [-0.3, -0.25) is 0 Å². The number of aryl methyl sites for hydroxylation is 1. The summed E-state index contributed by atoms with van der Waals surface area (Å²) in [4.78, 5) is 4.16. The van der Waals surface area contributed by atoms with Crippen molar-refractivity contribution in [2.45, 2.75) is 12.8 Å². The number of nitrogens with two attached hydrogens (primary N) is 1. The van der Waals surface area contributed by atoms with Crippen LogP contribution in [0.25, 0.3) is 11.3 Å². The highest BCUT2D eigenvalue weighted by Gasteiger charge is 2.12. The molecule has 2 aromatic rings. The molecule has 0 amide bonds. The minimum atomic E-state index is 0.617. The lowest BCUT2D eigenvalue weighted by atomic mass is 10.3. The molecule has 2 N–H and O–H groups in total. The molecular weight excluding hydrogens is 267 g/mol. The smallest absolute Gasteiger partial charge is 0.194 e. The Labute approximate surface area is 107 Å². The number of thiophene rings is 1. The fourth-order valence-electron chi connectivity index (χ4n) is 1.31. The van der Waals surface area contributed by atoms with Crippen molar-refractivity contribution in [3.63, 3.8) is 0 Å². The van der Waals surface area contributed by atoms with E-state index in [1.54, 1.807) is 12.3 Å². The molecule has 0 bridgehead atoms. The van der Waals surface area contributed by atoms with E-state index in [-0.39, 0.29) is 0 Å². The maximum atomic E-state index is 6.02. The van der Waals surface area contributed by atoms with Crippen molar-refractivity contribution in [2.75, 3.05) is 6.54 Å². The van der Waals surface area contributed by atoms with E-state index in [0.29, 0.717) is 26.9 Å². The molecule has 3 nitrogen and oxygen atoms in total. The van der Waals surface area contributed by atoms with Gasteiger partial charge in [0.25, 0.3) is 0 Å². The second-order valence-electron chi connectivity index (χ2n) is 3.25. The second kappa shape index (κ2) is 5.19. The van der Waals surface area contributed by atoms with Crippen molar-refractivity contribution in [1.82, 2.24) is 4.98 Å². The number of aromatic nitrogens is 1. The highest BCUT2D eigenvalue weighted by atomic mass is 35.5. The Kier molecular flexibility index (Phi) is 3.86. The number of halogens is 2. The number of nitrogens with zero attached hydrogens (tertiary/aromatic N) is 1. The van der Waals surface area contributed by atoms with E-state index in [1.165, 1.54) is 11.3 Å². The minimum Gasteiger partial charge on any atom is -0.441 e. The molecule has 0 saturated carbocycles. The number of hydrogen-bond donors (Lipinski definition) is 1. The van der Waals surface area contributed by atoms with Crippen molar-refractivity contribution >= 4 is 34.5 Å². The summed E-state index contributed by atoms with van der Waals surface area (Å²) in [5.41, 5.74) is 6.21. The third kappa shape index (κ3) is 2.58. The maximum absolute atomic E-state index is 6.02. The summed E-state index contributed by atoms with van der Waals surface area (Å²) in [6.45, 7) is 0.628. The topological polar surface area (TPSA) is 52.0 Å². The zero-order valence-corrected chi connectivity index (χ0v) is 10.7. The highest BCUT2D eigenvalue weighted by Crippen LogP contribution is 2.38. The SMILES string of the molecule is NCCCc1ncc(-c2cc(Cl)sc2Cl)o1. The van der Waals surface area contributed by atoms with Gasteiger partial charge in [-0.05, 0) is 19.0 Å². The molecule has 6 heteroatoms. The molecule has 0 saturated heterocycles. The molecule has 0 fully saturated rings. The quantitative estimate of drug-likeness (QED) is 0.928. The lowest BCUT2D eigenvalue weighted by Crippen LogP contribution is -2.00. The molecule has 0 spiro atoms. The zero-order valence-electron chi connectivity index (χ0n) is 8.37. The molecule has 0 atom stereocenters. The van der Waals surface area contributed by atoms with E-state index in [2.05, 4.69) is 4.98 Å². The van der Waals surface area contributed by atoms with Gasteiger partial charge >= 0.3 is 0 Å². The first-order valence-corrected chi connectivity index (χ1v) is 6.38. The van der Waals surface area contributed by atoms with Gasteiger partial charge in [0, 0.05) is 12.0 Å². The van der Waals surface area contributed by atoms with Crippen LogP contribution in [0.5, 0.6) is 0 Å². The van der Waals surface area contributed by atoms with Gasteiger partial charge in [0.1, 0.15) is 4.34 Å². The van der Waals surface area contributed by atoms with Crippen LogP contribution in [-0.2, 0) is 6.42 Å². The normalized spacial score (nSPS) is 10.9. The Morgan fingerprint density at radius 3 is 2.88 bits per heavy atom. The van der Waals surface area contributed by atoms with E-state index in [1.807, 2.05) is 0 Å². The van der Waals surface area contributed by atoms with Crippen molar-refractivity contribution < 1.29 is 4.42 Å². The first-order chi connectivity index (χ1) is 7.70. The molecule has 0 unspecified atom stereocenters. The Hall–Kier alpha value is -0.550. The van der Waals surface area contributed by atoms with Gasteiger partial charge < -0.3 is 10.2 Å². The van der Waals surface area contributed by atoms with Crippen LogP contribution in [0.1, 0.15) is 12.3 Å². The number of rotatable bonds is 4. The molecular formula is C10H10Cl2N2OS. The van der Waals surface area contributed by atoms with E-state index in [9.17, 15) is 0 Å². The molecule has 0 aromatic carbocycles. The Balaban J connectivity index is 2.21. The van der Waals surface area contributed by atoms with Gasteiger partial charge in [-0.25, -0.2) is 4.98 Å². The summed E-state index contributed by atoms with van der Waals surface area (Å²) in [7, 11) is 0. The fourth-order valence-corrected chi connectivity index (χ4v) is 2.79. The average Bonchev–Trinajstić information content (AvgIpc) is 2.82. The predicted molar refractivity (Wildman–Crippen MR) is 67.2 cm³/mol. The molecule has 0 aliphatic rings. The monoisotopic (exact) mass is 276 g/mol. The van der Waals surface area contributed by atoms with Gasteiger partial charge in [0.2, 0.25) is 0 Å². The van der Waals surface area contributed by atoms with Crippen LogP contribution in [0.2, 0.25) is 8.67 Å². The van der Waals surface area contributed by atoms with Crippen LogP contribution < -0.4 is 5.73 Å². The molecule has 0 aliphatic heterocycles. The van der Waals surface area contributed by atoms with Crippen LogP contribution >= 0.6 is 34.5 Å². The van der Waals surface area contributed by atoms with Gasteiger partial charge in [-0.1, -0.05) is 23.2 Å². The largest absolute Gasteiger partial charge is 0.441 e. The van der Waals surface area contributed by atoms with Crippen molar-refractivity contribution in [1.29, 1.82) is 0 Å². The van der Waals surface area contributed by atoms with Gasteiger partial charge in [-0.2, -0.15) is 0 Å². The van der Waals surface area contributed by atoms with Crippen LogP contribution in [-0.4, -0.2) is 11.5 Å². The summed E-state index contributed by atoms with van der Waals surface area (Å²) in [6.07, 6.45) is 3.26. The molecule has 16 heavy (non-hydrogen) atoms. The summed E-state index contributed by atoms with van der Waals surface area (Å²) in [5, 5.41) is 0. The third-order valence-electron chi connectivity index (χ3n) is 2.07. The standard InChI is InChI=1S/C10H10Cl2N2OS/c11-8-4-6(10(12)16-8)7-5-14-9(15-7)2-1-3-13/h4-5H,1-3,13H2. The van der Waals surface area contributed by atoms with Crippen molar-refractivity contribution in [3.05, 3.63) is 26.8 Å². The fraction of sp³-hybridized carbons (Fsp3) is 0.300. The van der Waals surface area contributed by atoms with Crippen molar-refractivity contribution in [3.8, 4) is 11.3 Å². The predicted octanol–water partition coefficient (Wildman–Crippen LogP) is 3.60. The van der Waals surface area contributed by atoms with Crippen LogP contribution in [0.4, 0.5) is 0 Å². The van der Waals surface area contributed by atoms with E-state index in [0.717, 1.165) is 18.4 Å².